The maximum atomic E-state index is 11.8. The fraction of sp³-hybridized carbons (Fsp3) is 0.467. The van der Waals surface area contributed by atoms with E-state index in [2.05, 4.69) is 5.32 Å². The summed E-state index contributed by atoms with van der Waals surface area (Å²) in [5, 5.41) is 2.73. The van der Waals surface area contributed by atoms with Crippen molar-refractivity contribution in [1.82, 2.24) is 5.32 Å². The van der Waals surface area contributed by atoms with Gasteiger partial charge in [-0.05, 0) is 31.9 Å². The summed E-state index contributed by atoms with van der Waals surface area (Å²) in [4.78, 5) is 22.9. The van der Waals surface area contributed by atoms with Crippen LogP contribution in [-0.2, 0) is 20.7 Å². The molecule has 0 saturated carbocycles. The number of carbonyl (C=O) groups is 2. The van der Waals surface area contributed by atoms with Crippen LogP contribution in [0, 0.1) is 13.8 Å². The number of rotatable bonds is 6. The Kier molecular flexibility index (Phi) is 6.06. The van der Waals surface area contributed by atoms with Gasteiger partial charge in [0.15, 0.2) is 0 Å². The molecule has 0 aromatic heterocycles. The van der Waals surface area contributed by atoms with Gasteiger partial charge in [-0.2, -0.15) is 0 Å². The van der Waals surface area contributed by atoms with Crippen LogP contribution in [0.15, 0.2) is 18.2 Å². The lowest BCUT2D eigenvalue weighted by Crippen LogP contribution is -2.28. The molecular weight excluding hydrogens is 242 g/mol. The Bertz CT molecular complexity index is 455. The summed E-state index contributed by atoms with van der Waals surface area (Å²) in [5.41, 5.74) is 3.26. The lowest BCUT2D eigenvalue weighted by atomic mass is 10.0. The predicted octanol–water partition coefficient (Wildman–Crippen LogP) is 1.92. The van der Waals surface area contributed by atoms with Crippen LogP contribution in [0.2, 0.25) is 0 Å². The molecule has 19 heavy (non-hydrogen) atoms. The monoisotopic (exact) mass is 263 g/mol. The SMILES string of the molecule is CCOC(=O)CCNC(=O)Cc1cc(C)ccc1C. The Morgan fingerprint density at radius 1 is 1.26 bits per heavy atom. The maximum Gasteiger partial charge on any atom is 0.307 e. The Labute approximate surface area is 114 Å². The molecule has 0 aliphatic rings. The van der Waals surface area contributed by atoms with Crippen LogP contribution < -0.4 is 5.32 Å². The molecule has 0 atom stereocenters. The van der Waals surface area contributed by atoms with Crippen molar-refractivity contribution >= 4 is 11.9 Å². The molecule has 0 saturated heterocycles. The van der Waals surface area contributed by atoms with E-state index in [1.807, 2.05) is 32.0 Å². The lowest BCUT2D eigenvalue weighted by Gasteiger charge is -2.08. The van der Waals surface area contributed by atoms with Crippen LogP contribution in [-0.4, -0.2) is 25.0 Å². The molecule has 0 bridgehead atoms. The maximum absolute atomic E-state index is 11.8. The molecule has 1 N–H and O–H groups in total. The van der Waals surface area contributed by atoms with Gasteiger partial charge < -0.3 is 10.1 Å². The minimum atomic E-state index is -0.283. The van der Waals surface area contributed by atoms with Crippen LogP contribution in [0.4, 0.5) is 0 Å². The highest BCUT2D eigenvalue weighted by Gasteiger charge is 2.07. The average molecular weight is 263 g/mol. The summed E-state index contributed by atoms with van der Waals surface area (Å²) in [6.45, 7) is 6.44. The van der Waals surface area contributed by atoms with Crippen molar-refractivity contribution in [3.8, 4) is 0 Å². The van der Waals surface area contributed by atoms with Gasteiger partial charge in [-0.1, -0.05) is 23.8 Å². The first-order chi connectivity index (χ1) is 9.02. The van der Waals surface area contributed by atoms with Crippen molar-refractivity contribution in [2.75, 3.05) is 13.2 Å². The molecular formula is C15H21NO3. The summed E-state index contributed by atoms with van der Waals surface area (Å²) in [5.74, 6) is -0.354. The molecule has 0 heterocycles. The molecule has 0 spiro atoms. The van der Waals surface area contributed by atoms with Crippen molar-refractivity contribution in [2.24, 2.45) is 0 Å². The highest BCUT2D eigenvalue weighted by Crippen LogP contribution is 2.11. The quantitative estimate of drug-likeness (QED) is 0.798. The molecule has 0 fully saturated rings. The molecule has 1 amide bonds. The van der Waals surface area contributed by atoms with Crippen molar-refractivity contribution in [2.45, 2.75) is 33.6 Å². The summed E-state index contributed by atoms with van der Waals surface area (Å²) in [6.07, 6.45) is 0.558. The first-order valence-electron chi connectivity index (χ1n) is 6.51. The van der Waals surface area contributed by atoms with E-state index in [0.717, 1.165) is 16.7 Å². The Morgan fingerprint density at radius 2 is 2.00 bits per heavy atom. The predicted molar refractivity (Wildman–Crippen MR) is 73.9 cm³/mol. The van der Waals surface area contributed by atoms with E-state index >= 15 is 0 Å². The highest BCUT2D eigenvalue weighted by atomic mass is 16.5. The first-order valence-corrected chi connectivity index (χ1v) is 6.51. The third kappa shape index (κ3) is 5.55. The van der Waals surface area contributed by atoms with E-state index in [-0.39, 0.29) is 18.3 Å². The van der Waals surface area contributed by atoms with Gasteiger partial charge in [0.05, 0.1) is 19.4 Å². The smallest absolute Gasteiger partial charge is 0.307 e. The molecule has 0 aliphatic carbocycles. The zero-order chi connectivity index (χ0) is 14.3. The first kappa shape index (κ1) is 15.2. The standard InChI is InChI=1S/C15H21NO3/c1-4-19-15(18)7-8-16-14(17)10-13-9-11(2)5-6-12(13)3/h5-6,9H,4,7-8,10H2,1-3H3,(H,16,17). The second-order valence-electron chi connectivity index (χ2n) is 4.51. The zero-order valence-corrected chi connectivity index (χ0v) is 11.8. The number of benzene rings is 1. The van der Waals surface area contributed by atoms with Crippen LogP contribution >= 0.6 is 0 Å². The molecule has 4 nitrogen and oxygen atoms in total. The second kappa shape index (κ2) is 7.56. The number of carbonyl (C=O) groups excluding carboxylic acids is 2. The number of hydrogen-bond acceptors (Lipinski definition) is 3. The summed E-state index contributed by atoms with van der Waals surface area (Å²) in [7, 11) is 0. The lowest BCUT2D eigenvalue weighted by molar-refractivity contribution is -0.143. The van der Waals surface area contributed by atoms with Gasteiger partial charge in [0.2, 0.25) is 5.91 Å². The Hall–Kier alpha value is -1.84. The molecule has 1 aromatic carbocycles. The normalized spacial score (nSPS) is 10.1. The second-order valence-corrected chi connectivity index (χ2v) is 4.51. The summed E-state index contributed by atoms with van der Waals surface area (Å²) in [6, 6.07) is 6.05. The number of hydrogen-bond donors (Lipinski definition) is 1. The van der Waals surface area contributed by atoms with Gasteiger partial charge in [0.25, 0.3) is 0 Å². The fourth-order valence-electron chi connectivity index (χ4n) is 1.76. The molecule has 104 valence electrons. The molecule has 1 aromatic rings. The third-order valence-electron chi connectivity index (χ3n) is 2.81. The third-order valence-corrected chi connectivity index (χ3v) is 2.81. The zero-order valence-electron chi connectivity index (χ0n) is 11.8. The number of esters is 1. The van der Waals surface area contributed by atoms with Crippen LogP contribution in [0.1, 0.15) is 30.0 Å². The van der Waals surface area contributed by atoms with Crippen molar-refractivity contribution < 1.29 is 14.3 Å². The van der Waals surface area contributed by atoms with Crippen LogP contribution in [0.25, 0.3) is 0 Å². The van der Waals surface area contributed by atoms with E-state index in [0.29, 0.717) is 19.6 Å². The fourth-order valence-corrected chi connectivity index (χ4v) is 1.76. The summed E-state index contributed by atoms with van der Waals surface area (Å²) >= 11 is 0. The summed E-state index contributed by atoms with van der Waals surface area (Å²) < 4.78 is 4.79. The van der Waals surface area contributed by atoms with E-state index in [9.17, 15) is 9.59 Å². The van der Waals surface area contributed by atoms with Crippen molar-refractivity contribution in [3.05, 3.63) is 34.9 Å². The molecule has 0 unspecified atom stereocenters. The van der Waals surface area contributed by atoms with E-state index in [1.54, 1.807) is 6.92 Å². The van der Waals surface area contributed by atoms with Gasteiger partial charge in [-0.15, -0.1) is 0 Å². The van der Waals surface area contributed by atoms with E-state index in [4.69, 9.17) is 4.74 Å². The van der Waals surface area contributed by atoms with Gasteiger partial charge in [-0.3, -0.25) is 9.59 Å². The average Bonchev–Trinajstić information content (AvgIpc) is 2.34. The highest BCUT2D eigenvalue weighted by molar-refractivity contribution is 5.79. The Morgan fingerprint density at radius 3 is 2.68 bits per heavy atom. The minimum absolute atomic E-state index is 0.0713. The molecule has 0 radical (unpaired) electrons. The van der Waals surface area contributed by atoms with Gasteiger partial charge in [0, 0.05) is 6.54 Å². The molecule has 1 rings (SSSR count). The number of aryl methyl sites for hydroxylation is 2. The Balaban J connectivity index is 2.39. The van der Waals surface area contributed by atoms with E-state index < -0.39 is 0 Å². The molecule has 4 heteroatoms. The number of ether oxygens (including phenoxy) is 1. The van der Waals surface area contributed by atoms with E-state index in [1.165, 1.54) is 0 Å². The topological polar surface area (TPSA) is 55.4 Å². The molecule has 0 aliphatic heterocycles. The largest absolute Gasteiger partial charge is 0.466 e. The number of amides is 1. The van der Waals surface area contributed by atoms with Crippen LogP contribution in [0.5, 0.6) is 0 Å². The van der Waals surface area contributed by atoms with Gasteiger partial charge in [0.1, 0.15) is 0 Å². The van der Waals surface area contributed by atoms with Crippen molar-refractivity contribution in [3.63, 3.8) is 0 Å². The van der Waals surface area contributed by atoms with Gasteiger partial charge in [-0.25, -0.2) is 0 Å². The van der Waals surface area contributed by atoms with Crippen molar-refractivity contribution in [1.29, 1.82) is 0 Å². The van der Waals surface area contributed by atoms with Gasteiger partial charge >= 0.3 is 5.97 Å². The minimum Gasteiger partial charge on any atom is -0.466 e. The van der Waals surface area contributed by atoms with Crippen LogP contribution in [0.3, 0.4) is 0 Å². The number of nitrogens with one attached hydrogen (secondary N) is 1.